The van der Waals surface area contributed by atoms with Crippen LogP contribution in [-0.4, -0.2) is 31.6 Å². The number of aromatic nitrogens is 4. The highest BCUT2D eigenvalue weighted by molar-refractivity contribution is 5.20. The Morgan fingerprint density at radius 3 is 2.81 bits per heavy atom. The molecule has 0 atom stereocenters. The van der Waals surface area contributed by atoms with Gasteiger partial charge in [-0.25, -0.2) is 9.97 Å². The van der Waals surface area contributed by atoms with Crippen LogP contribution in [0.15, 0.2) is 10.7 Å². The highest BCUT2D eigenvalue weighted by Gasteiger charge is 2.24. The van der Waals surface area contributed by atoms with E-state index in [0.717, 1.165) is 31.2 Å². The molecule has 6 nitrogen and oxygen atoms in total. The van der Waals surface area contributed by atoms with Gasteiger partial charge in [-0.15, -0.1) is 0 Å². The minimum absolute atomic E-state index is 0.106. The van der Waals surface area contributed by atoms with Crippen molar-refractivity contribution in [1.29, 1.82) is 0 Å². The second-order valence-corrected chi connectivity index (χ2v) is 6.62. The van der Waals surface area contributed by atoms with Crippen LogP contribution >= 0.6 is 0 Å². The van der Waals surface area contributed by atoms with Crippen LogP contribution in [0.4, 0.5) is 0 Å². The SMILES string of the molecule is Cc1ncc2c(n1)CCN(Cc1noc(C(C)(C)C)n1)C2. The van der Waals surface area contributed by atoms with Crippen LogP contribution in [0.25, 0.3) is 0 Å². The van der Waals surface area contributed by atoms with E-state index < -0.39 is 0 Å². The maximum atomic E-state index is 5.34. The summed E-state index contributed by atoms with van der Waals surface area (Å²) in [6, 6.07) is 0. The number of aryl methyl sites for hydroxylation is 1. The van der Waals surface area contributed by atoms with Crippen LogP contribution in [-0.2, 0) is 24.9 Å². The minimum atomic E-state index is -0.106. The van der Waals surface area contributed by atoms with E-state index in [1.165, 1.54) is 11.3 Å². The molecule has 0 unspecified atom stereocenters. The number of nitrogens with zero attached hydrogens (tertiary/aromatic N) is 5. The molecule has 6 heteroatoms. The monoisotopic (exact) mass is 287 g/mol. The molecule has 0 saturated heterocycles. The third kappa shape index (κ3) is 3.10. The fourth-order valence-electron chi connectivity index (χ4n) is 2.43. The van der Waals surface area contributed by atoms with E-state index >= 15 is 0 Å². The van der Waals surface area contributed by atoms with Crippen molar-refractivity contribution in [2.75, 3.05) is 6.54 Å². The van der Waals surface area contributed by atoms with Crippen molar-refractivity contribution in [3.63, 3.8) is 0 Å². The Morgan fingerprint density at radius 2 is 2.10 bits per heavy atom. The third-order valence-electron chi connectivity index (χ3n) is 3.61. The highest BCUT2D eigenvalue weighted by atomic mass is 16.5. The first kappa shape index (κ1) is 14.1. The minimum Gasteiger partial charge on any atom is -0.339 e. The van der Waals surface area contributed by atoms with E-state index in [1.807, 2.05) is 13.1 Å². The molecule has 0 aliphatic carbocycles. The van der Waals surface area contributed by atoms with Crippen molar-refractivity contribution >= 4 is 0 Å². The standard InChI is InChI=1S/C15H21N5O/c1-10-16-7-11-8-20(6-5-12(11)17-10)9-13-18-14(21-19-13)15(2,3)4/h7H,5-6,8-9H2,1-4H3. The molecule has 1 aliphatic rings. The average molecular weight is 287 g/mol. The fraction of sp³-hybridized carbons (Fsp3) is 0.600. The zero-order valence-electron chi connectivity index (χ0n) is 13.1. The first-order chi connectivity index (χ1) is 9.91. The predicted molar refractivity (Wildman–Crippen MR) is 77.6 cm³/mol. The number of hydrogen-bond donors (Lipinski definition) is 0. The molecular weight excluding hydrogens is 266 g/mol. The van der Waals surface area contributed by atoms with E-state index in [2.05, 4.69) is 45.8 Å². The lowest BCUT2D eigenvalue weighted by Crippen LogP contribution is -2.31. The highest BCUT2D eigenvalue weighted by Crippen LogP contribution is 2.21. The van der Waals surface area contributed by atoms with Crippen molar-refractivity contribution in [2.24, 2.45) is 0 Å². The molecule has 3 rings (SSSR count). The van der Waals surface area contributed by atoms with Gasteiger partial charge in [-0.05, 0) is 6.92 Å². The van der Waals surface area contributed by atoms with Gasteiger partial charge in [0.15, 0.2) is 5.82 Å². The summed E-state index contributed by atoms with van der Waals surface area (Å²) in [7, 11) is 0. The Kier molecular flexibility index (Phi) is 3.49. The molecule has 1 aliphatic heterocycles. The van der Waals surface area contributed by atoms with Gasteiger partial charge in [-0.1, -0.05) is 25.9 Å². The lowest BCUT2D eigenvalue weighted by Gasteiger charge is -2.26. The normalized spacial score (nSPS) is 16.0. The van der Waals surface area contributed by atoms with Gasteiger partial charge in [-0.3, -0.25) is 4.90 Å². The summed E-state index contributed by atoms with van der Waals surface area (Å²) < 4.78 is 5.34. The summed E-state index contributed by atoms with van der Waals surface area (Å²) in [6.45, 7) is 10.6. The Balaban J connectivity index is 1.70. The van der Waals surface area contributed by atoms with Crippen molar-refractivity contribution in [2.45, 2.75) is 52.6 Å². The second-order valence-electron chi connectivity index (χ2n) is 6.62. The van der Waals surface area contributed by atoms with E-state index in [-0.39, 0.29) is 5.41 Å². The number of hydrogen-bond acceptors (Lipinski definition) is 6. The molecule has 0 aromatic carbocycles. The van der Waals surface area contributed by atoms with Crippen LogP contribution in [0.5, 0.6) is 0 Å². The van der Waals surface area contributed by atoms with Crippen molar-refractivity contribution in [3.8, 4) is 0 Å². The van der Waals surface area contributed by atoms with Gasteiger partial charge in [-0.2, -0.15) is 4.98 Å². The first-order valence-corrected chi connectivity index (χ1v) is 7.28. The van der Waals surface area contributed by atoms with Gasteiger partial charge < -0.3 is 4.52 Å². The maximum Gasteiger partial charge on any atom is 0.232 e. The molecule has 0 radical (unpaired) electrons. The lowest BCUT2D eigenvalue weighted by atomic mass is 9.97. The summed E-state index contributed by atoms with van der Waals surface area (Å²) >= 11 is 0. The zero-order valence-corrected chi connectivity index (χ0v) is 13.1. The summed E-state index contributed by atoms with van der Waals surface area (Å²) in [5.41, 5.74) is 2.26. The lowest BCUT2D eigenvalue weighted by molar-refractivity contribution is 0.232. The van der Waals surface area contributed by atoms with Gasteiger partial charge in [0.05, 0.1) is 6.54 Å². The molecule has 0 fully saturated rings. The topological polar surface area (TPSA) is 67.9 Å². The summed E-state index contributed by atoms with van der Waals surface area (Å²) in [4.78, 5) is 15.6. The predicted octanol–water partition coefficient (Wildman–Crippen LogP) is 2.02. The summed E-state index contributed by atoms with van der Waals surface area (Å²) in [6.07, 6.45) is 2.88. The molecule has 0 N–H and O–H groups in total. The Bertz CT molecular complexity index is 644. The molecule has 3 heterocycles. The Morgan fingerprint density at radius 1 is 1.29 bits per heavy atom. The van der Waals surface area contributed by atoms with Crippen LogP contribution in [0.2, 0.25) is 0 Å². The van der Waals surface area contributed by atoms with E-state index in [9.17, 15) is 0 Å². The van der Waals surface area contributed by atoms with Crippen LogP contribution in [0.3, 0.4) is 0 Å². The molecule has 2 aromatic heterocycles. The second kappa shape index (κ2) is 5.18. The van der Waals surface area contributed by atoms with Crippen molar-refractivity contribution < 1.29 is 4.52 Å². The molecular formula is C15H21N5O. The summed E-state index contributed by atoms with van der Waals surface area (Å²) in [5, 5.41) is 4.09. The van der Waals surface area contributed by atoms with Gasteiger partial charge in [0.2, 0.25) is 5.89 Å². The first-order valence-electron chi connectivity index (χ1n) is 7.28. The van der Waals surface area contributed by atoms with Gasteiger partial charge >= 0.3 is 0 Å². The zero-order chi connectivity index (χ0) is 15.0. The molecule has 2 aromatic rings. The van der Waals surface area contributed by atoms with Crippen LogP contribution < -0.4 is 0 Å². The number of fused-ring (bicyclic) bond motifs is 1. The molecule has 112 valence electrons. The Hall–Kier alpha value is -1.82. The van der Waals surface area contributed by atoms with Gasteiger partial charge in [0.25, 0.3) is 0 Å². The average Bonchev–Trinajstić information content (AvgIpc) is 2.87. The molecule has 21 heavy (non-hydrogen) atoms. The third-order valence-corrected chi connectivity index (χ3v) is 3.61. The summed E-state index contributed by atoms with van der Waals surface area (Å²) in [5.74, 6) is 2.28. The molecule has 0 saturated carbocycles. The van der Waals surface area contributed by atoms with E-state index in [1.54, 1.807) is 0 Å². The molecule has 0 amide bonds. The molecule has 0 spiro atoms. The van der Waals surface area contributed by atoms with Gasteiger partial charge in [0, 0.05) is 42.4 Å². The van der Waals surface area contributed by atoms with Crippen molar-refractivity contribution in [3.05, 3.63) is 35.0 Å². The smallest absolute Gasteiger partial charge is 0.232 e. The quantitative estimate of drug-likeness (QED) is 0.842. The van der Waals surface area contributed by atoms with Crippen LogP contribution in [0, 0.1) is 6.92 Å². The van der Waals surface area contributed by atoms with E-state index in [4.69, 9.17) is 4.52 Å². The Labute approximate surface area is 124 Å². The van der Waals surface area contributed by atoms with E-state index in [0.29, 0.717) is 12.4 Å². The maximum absolute atomic E-state index is 5.34. The number of rotatable bonds is 2. The molecule has 0 bridgehead atoms. The fourth-order valence-corrected chi connectivity index (χ4v) is 2.43. The van der Waals surface area contributed by atoms with Crippen LogP contribution in [0.1, 0.15) is 49.6 Å². The van der Waals surface area contributed by atoms with Crippen molar-refractivity contribution in [1.82, 2.24) is 25.0 Å². The largest absolute Gasteiger partial charge is 0.339 e. The van der Waals surface area contributed by atoms with Gasteiger partial charge in [0.1, 0.15) is 5.82 Å².